The number of nitrogens with one attached hydrogen (secondary N) is 1. The first-order valence-electron chi connectivity index (χ1n) is 7.23. The number of hydrogen-bond acceptors (Lipinski definition) is 2. The van der Waals surface area contributed by atoms with Crippen LogP contribution in [0.1, 0.15) is 43.9 Å². The van der Waals surface area contributed by atoms with Crippen molar-refractivity contribution in [1.29, 1.82) is 0 Å². The normalized spacial score (nSPS) is 18.2. The predicted octanol–water partition coefficient (Wildman–Crippen LogP) is 2.85. The Balaban J connectivity index is 2.01. The third kappa shape index (κ3) is 3.35. The van der Waals surface area contributed by atoms with E-state index in [1.54, 1.807) is 0 Å². The van der Waals surface area contributed by atoms with Crippen LogP contribution in [0.2, 0.25) is 0 Å². The lowest BCUT2D eigenvalue weighted by molar-refractivity contribution is -0.134. The Morgan fingerprint density at radius 1 is 1.37 bits per heavy atom. The summed E-state index contributed by atoms with van der Waals surface area (Å²) < 4.78 is 5.65. The summed E-state index contributed by atoms with van der Waals surface area (Å²) in [4.78, 5) is 12.3. The van der Waals surface area contributed by atoms with E-state index in [-0.39, 0.29) is 5.91 Å². The van der Waals surface area contributed by atoms with Crippen molar-refractivity contribution < 1.29 is 9.53 Å². The highest BCUT2D eigenvalue weighted by Gasteiger charge is 2.27. The van der Waals surface area contributed by atoms with Gasteiger partial charge in [-0.05, 0) is 23.5 Å². The standard InChI is InChI=1S/C16H23NO2/c1-3-12(4-2)11-17-16(18)15-14-8-6-5-7-13(14)9-10-19-15/h5-8,12,15H,3-4,9-11H2,1-2H3,(H,17,18). The van der Waals surface area contributed by atoms with Crippen LogP contribution in [0.3, 0.4) is 0 Å². The number of amides is 1. The van der Waals surface area contributed by atoms with Gasteiger partial charge < -0.3 is 10.1 Å². The maximum atomic E-state index is 12.3. The topological polar surface area (TPSA) is 38.3 Å². The molecule has 1 aliphatic rings. The summed E-state index contributed by atoms with van der Waals surface area (Å²) in [7, 11) is 0. The zero-order valence-electron chi connectivity index (χ0n) is 11.8. The number of carbonyl (C=O) groups excluding carboxylic acids is 1. The number of hydrogen-bond donors (Lipinski definition) is 1. The number of fused-ring (bicyclic) bond motifs is 1. The molecule has 0 spiro atoms. The monoisotopic (exact) mass is 261 g/mol. The van der Waals surface area contributed by atoms with Crippen LogP contribution in [0.15, 0.2) is 24.3 Å². The van der Waals surface area contributed by atoms with Crippen LogP contribution in [0.25, 0.3) is 0 Å². The Hall–Kier alpha value is -1.35. The minimum Gasteiger partial charge on any atom is -0.363 e. The van der Waals surface area contributed by atoms with Gasteiger partial charge in [-0.25, -0.2) is 0 Å². The van der Waals surface area contributed by atoms with E-state index in [9.17, 15) is 4.79 Å². The molecule has 104 valence electrons. The molecule has 1 atom stereocenters. The lowest BCUT2D eigenvalue weighted by Gasteiger charge is -2.25. The number of carbonyl (C=O) groups is 1. The third-order valence-corrected chi connectivity index (χ3v) is 3.95. The van der Waals surface area contributed by atoms with Crippen LogP contribution in [0.5, 0.6) is 0 Å². The number of rotatable bonds is 5. The zero-order chi connectivity index (χ0) is 13.7. The van der Waals surface area contributed by atoms with Gasteiger partial charge in [0.15, 0.2) is 6.10 Å². The smallest absolute Gasteiger partial charge is 0.253 e. The van der Waals surface area contributed by atoms with E-state index in [2.05, 4.69) is 25.2 Å². The highest BCUT2D eigenvalue weighted by molar-refractivity contribution is 5.82. The van der Waals surface area contributed by atoms with Crippen molar-refractivity contribution in [3.05, 3.63) is 35.4 Å². The fourth-order valence-corrected chi connectivity index (χ4v) is 2.53. The molecule has 0 saturated carbocycles. The SMILES string of the molecule is CCC(CC)CNC(=O)C1OCCc2ccccc21. The Labute approximate surface area is 115 Å². The average molecular weight is 261 g/mol. The van der Waals surface area contributed by atoms with Crippen molar-refractivity contribution in [2.24, 2.45) is 5.92 Å². The highest BCUT2D eigenvalue weighted by Crippen LogP contribution is 2.27. The van der Waals surface area contributed by atoms with Crippen LogP contribution in [-0.2, 0) is 16.0 Å². The van der Waals surface area contributed by atoms with Gasteiger partial charge in [-0.1, -0.05) is 51.0 Å². The summed E-state index contributed by atoms with van der Waals surface area (Å²) in [6.45, 7) is 5.69. The maximum Gasteiger partial charge on any atom is 0.253 e. The second-order valence-electron chi connectivity index (χ2n) is 5.13. The van der Waals surface area contributed by atoms with Crippen molar-refractivity contribution in [3.63, 3.8) is 0 Å². The van der Waals surface area contributed by atoms with Crippen molar-refractivity contribution in [3.8, 4) is 0 Å². The largest absolute Gasteiger partial charge is 0.363 e. The predicted molar refractivity (Wildman–Crippen MR) is 75.9 cm³/mol. The first-order chi connectivity index (χ1) is 9.26. The molecular formula is C16H23NO2. The molecule has 0 saturated heterocycles. The summed E-state index contributed by atoms with van der Waals surface area (Å²) in [5.41, 5.74) is 2.26. The molecule has 0 radical (unpaired) electrons. The maximum absolute atomic E-state index is 12.3. The number of ether oxygens (including phenoxy) is 1. The highest BCUT2D eigenvalue weighted by atomic mass is 16.5. The molecule has 0 aromatic heterocycles. The summed E-state index contributed by atoms with van der Waals surface area (Å²) in [5, 5.41) is 3.03. The van der Waals surface area contributed by atoms with Crippen molar-refractivity contribution in [2.75, 3.05) is 13.2 Å². The Kier molecular flexibility index (Phi) is 4.97. The van der Waals surface area contributed by atoms with Gasteiger partial charge in [-0.15, -0.1) is 0 Å². The summed E-state index contributed by atoms with van der Waals surface area (Å²) in [5.74, 6) is 0.557. The molecule has 1 aromatic rings. The van der Waals surface area contributed by atoms with Gasteiger partial charge in [0, 0.05) is 6.54 Å². The summed E-state index contributed by atoms with van der Waals surface area (Å²) in [6.07, 6.45) is 2.66. The molecule has 1 amide bonds. The van der Waals surface area contributed by atoms with Crippen molar-refractivity contribution >= 4 is 5.91 Å². The Morgan fingerprint density at radius 2 is 2.11 bits per heavy atom. The molecule has 1 unspecified atom stereocenters. The second kappa shape index (κ2) is 6.71. The molecule has 1 N–H and O–H groups in total. The quantitative estimate of drug-likeness (QED) is 0.885. The molecule has 1 aromatic carbocycles. The van der Waals surface area contributed by atoms with E-state index in [0.29, 0.717) is 12.5 Å². The molecule has 0 fully saturated rings. The summed E-state index contributed by atoms with van der Waals surface area (Å²) in [6, 6.07) is 8.06. The van der Waals surface area contributed by atoms with E-state index in [1.807, 2.05) is 18.2 Å². The van der Waals surface area contributed by atoms with Crippen LogP contribution in [-0.4, -0.2) is 19.1 Å². The van der Waals surface area contributed by atoms with Gasteiger partial charge in [-0.2, -0.15) is 0 Å². The van der Waals surface area contributed by atoms with Gasteiger partial charge in [0.25, 0.3) is 5.91 Å². The van der Waals surface area contributed by atoms with Gasteiger partial charge in [0.05, 0.1) is 6.61 Å². The van der Waals surface area contributed by atoms with E-state index < -0.39 is 6.10 Å². The minimum absolute atomic E-state index is 0.000880. The minimum atomic E-state index is -0.431. The first kappa shape index (κ1) is 14.1. The lowest BCUT2D eigenvalue weighted by Crippen LogP contribution is -2.36. The van der Waals surface area contributed by atoms with Crippen LogP contribution in [0.4, 0.5) is 0 Å². The molecule has 0 aliphatic carbocycles. The molecule has 1 heterocycles. The average Bonchev–Trinajstić information content (AvgIpc) is 2.47. The fraction of sp³-hybridized carbons (Fsp3) is 0.562. The first-order valence-corrected chi connectivity index (χ1v) is 7.23. The van der Waals surface area contributed by atoms with Gasteiger partial charge in [0.1, 0.15) is 0 Å². The summed E-state index contributed by atoms with van der Waals surface area (Å²) >= 11 is 0. The lowest BCUT2D eigenvalue weighted by atomic mass is 9.97. The van der Waals surface area contributed by atoms with Crippen LogP contribution < -0.4 is 5.32 Å². The molecule has 1 aliphatic heterocycles. The third-order valence-electron chi connectivity index (χ3n) is 3.95. The zero-order valence-corrected chi connectivity index (χ0v) is 11.8. The fourth-order valence-electron chi connectivity index (χ4n) is 2.53. The molecule has 3 nitrogen and oxygen atoms in total. The number of benzene rings is 1. The van der Waals surface area contributed by atoms with E-state index >= 15 is 0 Å². The van der Waals surface area contributed by atoms with Crippen LogP contribution in [0, 0.1) is 5.92 Å². The van der Waals surface area contributed by atoms with Gasteiger partial charge in [0.2, 0.25) is 0 Å². The molecule has 19 heavy (non-hydrogen) atoms. The molecule has 2 rings (SSSR count). The van der Waals surface area contributed by atoms with Crippen molar-refractivity contribution in [1.82, 2.24) is 5.32 Å². The van der Waals surface area contributed by atoms with Crippen molar-refractivity contribution in [2.45, 2.75) is 39.2 Å². The molecule has 0 bridgehead atoms. The van der Waals surface area contributed by atoms with E-state index in [1.165, 1.54) is 5.56 Å². The van der Waals surface area contributed by atoms with Gasteiger partial charge in [-0.3, -0.25) is 4.79 Å². The van der Waals surface area contributed by atoms with E-state index in [4.69, 9.17) is 4.74 Å². The Morgan fingerprint density at radius 3 is 2.84 bits per heavy atom. The second-order valence-corrected chi connectivity index (χ2v) is 5.13. The van der Waals surface area contributed by atoms with E-state index in [0.717, 1.165) is 31.4 Å². The van der Waals surface area contributed by atoms with Gasteiger partial charge >= 0.3 is 0 Å². The van der Waals surface area contributed by atoms with Crippen LogP contribution >= 0.6 is 0 Å². The Bertz CT molecular complexity index is 427. The molecule has 3 heteroatoms. The molecular weight excluding hydrogens is 238 g/mol.